The smallest absolute Gasteiger partial charge is 0.255 e. The van der Waals surface area contributed by atoms with Gasteiger partial charge in [0.05, 0.1) is 12.2 Å². The van der Waals surface area contributed by atoms with Crippen molar-refractivity contribution in [3.05, 3.63) is 72.1 Å². The van der Waals surface area contributed by atoms with Crippen LogP contribution in [-0.4, -0.2) is 47.4 Å². The molecular weight excluding hydrogens is 366 g/mol. The zero-order chi connectivity index (χ0) is 20.1. The van der Waals surface area contributed by atoms with E-state index in [-0.39, 0.29) is 23.8 Å². The molecule has 2 aromatic rings. The molecule has 6 nitrogen and oxygen atoms in total. The molecule has 1 aromatic carbocycles. The minimum atomic E-state index is -0.117. The van der Waals surface area contributed by atoms with E-state index in [4.69, 9.17) is 4.74 Å². The third-order valence-electron chi connectivity index (χ3n) is 5.54. The summed E-state index contributed by atoms with van der Waals surface area (Å²) in [6.07, 6.45) is 9.86. The highest BCUT2D eigenvalue weighted by molar-refractivity contribution is 5.97. The van der Waals surface area contributed by atoms with Crippen molar-refractivity contribution in [2.24, 2.45) is 5.92 Å². The zero-order valence-corrected chi connectivity index (χ0v) is 16.3. The van der Waals surface area contributed by atoms with Gasteiger partial charge in [-0.3, -0.25) is 14.6 Å². The molecule has 29 heavy (non-hydrogen) atoms. The van der Waals surface area contributed by atoms with Crippen LogP contribution in [0.4, 0.5) is 0 Å². The third-order valence-corrected chi connectivity index (χ3v) is 5.54. The number of hydrogen-bond acceptors (Lipinski definition) is 4. The maximum absolute atomic E-state index is 12.9. The number of hydrogen-bond donors (Lipinski definition) is 1. The van der Waals surface area contributed by atoms with Gasteiger partial charge in [-0.25, -0.2) is 0 Å². The van der Waals surface area contributed by atoms with E-state index in [1.807, 2.05) is 23.1 Å². The molecule has 1 saturated heterocycles. The van der Waals surface area contributed by atoms with Crippen LogP contribution in [0.2, 0.25) is 0 Å². The maximum atomic E-state index is 12.9. The summed E-state index contributed by atoms with van der Waals surface area (Å²) in [5.74, 6) is 0.683. The molecule has 1 N–H and O–H groups in total. The number of amides is 2. The standard InChI is InChI=1S/C23H25N3O3/c27-22-19-7-3-4-8-21(19)29-15-5-1-2-6-18-16-26(14-11-20(18)25-22)23(28)17-9-12-24-13-10-17/h1-4,7-10,12-13,18,20H,5-6,11,14-16H2,(H,25,27)/b2-1+/t18-,20+/m0/s1. The van der Waals surface area contributed by atoms with Crippen LogP contribution in [0.3, 0.4) is 0 Å². The number of nitrogens with one attached hydrogen (secondary N) is 1. The minimum Gasteiger partial charge on any atom is -0.492 e. The summed E-state index contributed by atoms with van der Waals surface area (Å²) in [6.45, 7) is 1.76. The summed E-state index contributed by atoms with van der Waals surface area (Å²) in [7, 11) is 0. The van der Waals surface area contributed by atoms with E-state index in [2.05, 4.69) is 22.5 Å². The Hall–Kier alpha value is -3.15. The van der Waals surface area contributed by atoms with Gasteiger partial charge in [-0.05, 0) is 43.5 Å². The van der Waals surface area contributed by atoms with Gasteiger partial charge < -0.3 is 15.0 Å². The lowest BCUT2D eigenvalue weighted by molar-refractivity contribution is 0.0619. The van der Waals surface area contributed by atoms with Gasteiger partial charge in [-0.2, -0.15) is 0 Å². The number of likely N-dealkylation sites (tertiary alicyclic amines) is 1. The Labute approximate surface area is 170 Å². The minimum absolute atomic E-state index is 0.0149. The van der Waals surface area contributed by atoms with E-state index in [0.29, 0.717) is 36.6 Å². The van der Waals surface area contributed by atoms with Gasteiger partial charge in [-0.15, -0.1) is 0 Å². The molecule has 6 heteroatoms. The number of rotatable bonds is 1. The molecular formula is C23H25N3O3. The number of pyridine rings is 1. The normalized spacial score (nSPS) is 23.3. The van der Waals surface area contributed by atoms with Crippen molar-refractivity contribution in [3.63, 3.8) is 0 Å². The maximum Gasteiger partial charge on any atom is 0.255 e. The van der Waals surface area contributed by atoms with Gasteiger partial charge in [0.25, 0.3) is 11.8 Å². The quantitative estimate of drug-likeness (QED) is 0.759. The topological polar surface area (TPSA) is 71.5 Å². The molecule has 2 aliphatic rings. The van der Waals surface area contributed by atoms with Crippen molar-refractivity contribution in [3.8, 4) is 5.75 Å². The van der Waals surface area contributed by atoms with Crippen molar-refractivity contribution in [1.82, 2.24) is 15.2 Å². The Morgan fingerprint density at radius 1 is 1.14 bits per heavy atom. The highest BCUT2D eigenvalue weighted by Crippen LogP contribution is 2.25. The molecule has 0 spiro atoms. The fourth-order valence-electron chi connectivity index (χ4n) is 3.97. The average Bonchev–Trinajstić information content (AvgIpc) is 2.76. The molecule has 150 valence electrons. The molecule has 4 rings (SSSR count). The third kappa shape index (κ3) is 4.47. The van der Waals surface area contributed by atoms with Gasteiger partial charge in [-0.1, -0.05) is 24.3 Å². The van der Waals surface area contributed by atoms with Crippen LogP contribution in [0.15, 0.2) is 60.9 Å². The van der Waals surface area contributed by atoms with Crippen LogP contribution < -0.4 is 10.1 Å². The number of aromatic nitrogens is 1. The summed E-state index contributed by atoms with van der Waals surface area (Å²) in [4.78, 5) is 31.6. The summed E-state index contributed by atoms with van der Waals surface area (Å²) in [5, 5.41) is 3.19. The Balaban J connectivity index is 1.53. The number of ether oxygens (including phenoxy) is 1. The molecule has 1 aromatic heterocycles. The lowest BCUT2D eigenvalue weighted by Gasteiger charge is -2.39. The second kappa shape index (κ2) is 8.90. The molecule has 3 heterocycles. The number of nitrogens with zero attached hydrogens (tertiary/aromatic N) is 2. The molecule has 0 radical (unpaired) electrons. The Morgan fingerprint density at radius 2 is 1.97 bits per heavy atom. The lowest BCUT2D eigenvalue weighted by Crippen LogP contribution is -2.52. The van der Waals surface area contributed by atoms with Crippen molar-refractivity contribution in [2.45, 2.75) is 25.3 Å². The molecule has 0 unspecified atom stereocenters. The Bertz CT molecular complexity index is 897. The lowest BCUT2D eigenvalue weighted by atomic mass is 9.88. The summed E-state index contributed by atoms with van der Waals surface area (Å²) in [6, 6.07) is 10.9. The van der Waals surface area contributed by atoms with Crippen LogP contribution in [0.1, 0.15) is 40.0 Å². The molecule has 2 amide bonds. The Kier molecular flexibility index (Phi) is 5.89. The van der Waals surface area contributed by atoms with Gasteiger partial charge in [0.15, 0.2) is 0 Å². The van der Waals surface area contributed by atoms with E-state index in [1.165, 1.54) is 0 Å². The predicted octanol–water partition coefficient (Wildman–Crippen LogP) is 3.07. The molecule has 0 bridgehead atoms. The second-order valence-electron chi connectivity index (χ2n) is 7.46. The molecule has 0 saturated carbocycles. The van der Waals surface area contributed by atoms with E-state index in [1.54, 1.807) is 30.6 Å². The number of allylic oxidation sites excluding steroid dienone is 1. The van der Waals surface area contributed by atoms with E-state index in [0.717, 1.165) is 19.3 Å². The van der Waals surface area contributed by atoms with E-state index in [9.17, 15) is 9.59 Å². The van der Waals surface area contributed by atoms with Gasteiger partial charge in [0, 0.05) is 43.0 Å². The first-order chi connectivity index (χ1) is 14.2. The summed E-state index contributed by atoms with van der Waals surface area (Å²) >= 11 is 0. The molecule has 0 aliphatic carbocycles. The number of piperidine rings is 1. The summed E-state index contributed by atoms with van der Waals surface area (Å²) in [5.41, 5.74) is 1.21. The van der Waals surface area contributed by atoms with Crippen LogP contribution >= 0.6 is 0 Å². The number of para-hydroxylation sites is 1. The Morgan fingerprint density at radius 3 is 2.83 bits per heavy atom. The number of carbonyl (C=O) groups is 2. The molecule has 2 aliphatic heterocycles. The number of benzene rings is 1. The highest BCUT2D eigenvalue weighted by Gasteiger charge is 2.32. The van der Waals surface area contributed by atoms with Crippen molar-refractivity contribution < 1.29 is 14.3 Å². The fourth-order valence-corrected chi connectivity index (χ4v) is 3.97. The first-order valence-electron chi connectivity index (χ1n) is 10.1. The van der Waals surface area contributed by atoms with Gasteiger partial charge >= 0.3 is 0 Å². The predicted molar refractivity (Wildman–Crippen MR) is 110 cm³/mol. The van der Waals surface area contributed by atoms with Crippen molar-refractivity contribution >= 4 is 11.8 Å². The fraction of sp³-hybridized carbons (Fsp3) is 0.348. The SMILES string of the molecule is O=C1N[C@@H]2CCN(C(=O)c3ccncc3)C[C@@H]2C/C=C/CCOc2ccccc21. The highest BCUT2D eigenvalue weighted by atomic mass is 16.5. The average molecular weight is 391 g/mol. The van der Waals surface area contributed by atoms with Crippen LogP contribution in [0.5, 0.6) is 5.75 Å². The number of carbonyl (C=O) groups excluding carboxylic acids is 2. The van der Waals surface area contributed by atoms with E-state index >= 15 is 0 Å². The molecule has 1 fully saturated rings. The second-order valence-corrected chi connectivity index (χ2v) is 7.46. The van der Waals surface area contributed by atoms with Crippen LogP contribution in [0.25, 0.3) is 0 Å². The number of fused-ring (bicyclic) bond motifs is 2. The van der Waals surface area contributed by atoms with Gasteiger partial charge in [0.2, 0.25) is 0 Å². The van der Waals surface area contributed by atoms with Crippen molar-refractivity contribution in [2.75, 3.05) is 19.7 Å². The van der Waals surface area contributed by atoms with Crippen LogP contribution in [-0.2, 0) is 0 Å². The largest absolute Gasteiger partial charge is 0.492 e. The van der Waals surface area contributed by atoms with Gasteiger partial charge in [0.1, 0.15) is 5.75 Å². The summed E-state index contributed by atoms with van der Waals surface area (Å²) < 4.78 is 5.79. The first kappa shape index (κ1) is 19.2. The van der Waals surface area contributed by atoms with Crippen molar-refractivity contribution in [1.29, 1.82) is 0 Å². The monoisotopic (exact) mass is 391 g/mol. The zero-order valence-electron chi connectivity index (χ0n) is 16.3. The first-order valence-corrected chi connectivity index (χ1v) is 10.1. The van der Waals surface area contributed by atoms with E-state index < -0.39 is 0 Å². The van der Waals surface area contributed by atoms with Crippen LogP contribution in [0, 0.1) is 5.92 Å². The molecule has 2 atom stereocenters.